The number of likely N-dealkylation sites (N-methyl/N-ethyl adjacent to an activating group) is 3. The lowest BCUT2D eigenvalue weighted by Gasteiger charge is -2.23. The van der Waals surface area contributed by atoms with Crippen LogP contribution in [-0.4, -0.2) is 106 Å². The molecule has 0 radical (unpaired) electrons. The maximum atomic E-state index is 12.1. The highest BCUT2D eigenvalue weighted by atomic mass is 16.6. The molecule has 0 aromatic rings. The van der Waals surface area contributed by atoms with E-state index in [4.69, 9.17) is 14.2 Å². The van der Waals surface area contributed by atoms with E-state index in [0.29, 0.717) is 0 Å². The van der Waals surface area contributed by atoms with Crippen molar-refractivity contribution >= 4 is 23.9 Å². The molecule has 0 saturated heterocycles. The van der Waals surface area contributed by atoms with Gasteiger partial charge in [0.15, 0.2) is 0 Å². The molecule has 0 aliphatic heterocycles. The van der Waals surface area contributed by atoms with E-state index >= 15 is 0 Å². The number of nitrogens with zero attached hydrogens (tertiary/aromatic N) is 3. The number of methoxy groups -OCH3 is 1. The van der Waals surface area contributed by atoms with Gasteiger partial charge in [0.05, 0.1) is 19.8 Å². The molecule has 0 spiro atoms. The topological polar surface area (TPSA) is 106 Å². The molecule has 10 nitrogen and oxygen atoms in total. The Hall–Kier alpha value is -2.36. The fraction of sp³-hybridized carbons (Fsp3) is 0.765. The Balaban J connectivity index is 4.34. The summed E-state index contributed by atoms with van der Waals surface area (Å²) in [4.78, 5) is 51.1. The van der Waals surface area contributed by atoms with Crippen LogP contribution in [0.3, 0.4) is 0 Å². The first-order chi connectivity index (χ1) is 12.6. The molecular weight excluding hydrogens is 358 g/mol. The highest BCUT2D eigenvalue weighted by Crippen LogP contribution is 1.98. The number of ether oxygens (including phenoxy) is 3. The van der Waals surface area contributed by atoms with Crippen LogP contribution in [0, 0.1) is 5.92 Å². The van der Waals surface area contributed by atoms with Crippen molar-refractivity contribution in [3.8, 4) is 0 Å². The summed E-state index contributed by atoms with van der Waals surface area (Å²) < 4.78 is 14.7. The fourth-order valence-electron chi connectivity index (χ4n) is 1.71. The lowest BCUT2D eigenvalue weighted by atomic mass is 10.2. The zero-order valence-corrected chi connectivity index (χ0v) is 17.0. The normalized spacial score (nSPS) is 10.3. The van der Waals surface area contributed by atoms with Crippen LogP contribution in [0.15, 0.2) is 0 Å². The molecule has 0 atom stereocenters. The van der Waals surface area contributed by atoms with E-state index in [1.807, 2.05) is 13.8 Å². The van der Waals surface area contributed by atoms with Gasteiger partial charge >= 0.3 is 12.1 Å². The van der Waals surface area contributed by atoms with Crippen LogP contribution in [0.4, 0.5) is 4.79 Å². The van der Waals surface area contributed by atoms with E-state index < -0.39 is 23.9 Å². The van der Waals surface area contributed by atoms with E-state index in [1.54, 1.807) is 0 Å². The first-order valence-electron chi connectivity index (χ1n) is 8.58. The Kier molecular flexibility index (Phi) is 11.8. The van der Waals surface area contributed by atoms with Crippen molar-refractivity contribution in [3.05, 3.63) is 0 Å². The van der Waals surface area contributed by atoms with Crippen LogP contribution < -0.4 is 0 Å². The monoisotopic (exact) mass is 389 g/mol. The molecule has 27 heavy (non-hydrogen) atoms. The molecule has 0 aromatic heterocycles. The lowest BCUT2D eigenvalue weighted by molar-refractivity contribution is -0.150. The largest absolute Gasteiger partial charge is 0.464 e. The van der Waals surface area contributed by atoms with E-state index in [0.717, 1.165) is 4.90 Å². The van der Waals surface area contributed by atoms with E-state index in [1.165, 1.54) is 38.1 Å². The molecule has 0 unspecified atom stereocenters. The average molecular weight is 389 g/mol. The average Bonchev–Trinajstić information content (AvgIpc) is 2.59. The number of hydrogen-bond donors (Lipinski definition) is 0. The highest BCUT2D eigenvalue weighted by Gasteiger charge is 2.21. The van der Waals surface area contributed by atoms with Crippen molar-refractivity contribution in [1.29, 1.82) is 0 Å². The van der Waals surface area contributed by atoms with Crippen LogP contribution in [0.1, 0.15) is 13.8 Å². The van der Waals surface area contributed by atoms with Crippen LogP contribution in [0.25, 0.3) is 0 Å². The van der Waals surface area contributed by atoms with E-state index in [-0.39, 0.29) is 45.4 Å². The second kappa shape index (κ2) is 12.9. The van der Waals surface area contributed by atoms with Crippen molar-refractivity contribution in [2.45, 2.75) is 13.8 Å². The molecule has 3 amide bonds. The molecule has 0 aliphatic rings. The number of hydrogen-bond acceptors (Lipinski definition) is 7. The first kappa shape index (κ1) is 24.6. The lowest BCUT2D eigenvalue weighted by Crippen LogP contribution is -2.45. The minimum atomic E-state index is -0.662. The molecular formula is C17H31N3O7. The third-order valence-corrected chi connectivity index (χ3v) is 3.36. The molecule has 0 bridgehead atoms. The summed E-state index contributed by atoms with van der Waals surface area (Å²) in [5.74, 6) is -1.16. The van der Waals surface area contributed by atoms with Crippen LogP contribution in [0.5, 0.6) is 0 Å². The second-order valence-electron chi connectivity index (χ2n) is 6.54. The highest BCUT2D eigenvalue weighted by molar-refractivity contribution is 5.88. The Morgan fingerprint density at radius 1 is 0.778 bits per heavy atom. The van der Waals surface area contributed by atoms with E-state index in [2.05, 4.69) is 0 Å². The minimum absolute atomic E-state index is 0.0832. The quantitative estimate of drug-likeness (QED) is 0.356. The van der Waals surface area contributed by atoms with Crippen LogP contribution in [0.2, 0.25) is 0 Å². The Morgan fingerprint density at radius 2 is 1.30 bits per heavy atom. The predicted molar refractivity (Wildman–Crippen MR) is 96.9 cm³/mol. The fourth-order valence-corrected chi connectivity index (χ4v) is 1.71. The zero-order valence-electron chi connectivity index (χ0n) is 17.0. The smallest absolute Gasteiger partial charge is 0.410 e. The molecule has 0 heterocycles. The van der Waals surface area contributed by atoms with Gasteiger partial charge in [0.1, 0.15) is 19.7 Å². The number of carbonyl (C=O) groups excluding carboxylic acids is 4. The predicted octanol–water partition coefficient (Wildman–Crippen LogP) is -0.183. The summed E-state index contributed by atoms with van der Waals surface area (Å²) >= 11 is 0. The third kappa shape index (κ3) is 11.1. The number of rotatable bonds is 11. The number of esters is 1. The van der Waals surface area contributed by atoms with Gasteiger partial charge < -0.3 is 28.9 Å². The van der Waals surface area contributed by atoms with Gasteiger partial charge in [0.25, 0.3) is 0 Å². The SMILES string of the molecule is COCCOC(=O)N(C)CC(=O)N(C)CC(=O)N(C)CC(=O)OCC(C)C. The molecule has 10 heteroatoms. The van der Waals surface area contributed by atoms with Gasteiger partial charge in [-0.05, 0) is 5.92 Å². The number of carbonyl (C=O) groups is 4. The molecule has 0 rings (SSSR count). The minimum Gasteiger partial charge on any atom is -0.464 e. The summed E-state index contributed by atoms with van der Waals surface area (Å²) in [6.07, 6.45) is -0.662. The molecule has 0 aromatic carbocycles. The van der Waals surface area contributed by atoms with Gasteiger partial charge in [-0.3, -0.25) is 14.4 Å². The van der Waals surface area contributed by atoms with Gasteiger partial charge in [-0.15, -0.1) is 0 Å². The summed E-state index contributed by atoms with van der Waals surface area (Å²) in [6, 6.07) is 0. The number of amides is 3. The summed E-state index contributed by atoms with van der Waals surface area (Å²) in [6.45, 7) is 3.79. The van der Waals surface area contributed by atoms with Gasteiger partial charge in [-0.25, -0.2) is 4.79 Å². The standard InChI is InChI=1S/C17H31N3O7/c1-13(2)12-27-16(23)11-19(4)14(21)9-18(3)15(22)10-20(5)17(24)26-8-7-25-6/h13H,7-12H2,1-6H3. The Bertz CT molecular complexity index is 511. The van der Waals surface area contributed by atoms with Crippen molar-refractivity contribution in [1.82, 2.24) is 14.7 Å². The van der Waals surface area contributed by atoms with Crippen molar-refractivity contribution in [3.63, 3.8) is 0 Å². The molecule has 0 fully saturated rings. The summed E-state index contributed by atoms with van der Waals surface area (Å²) in [5.41, 5.74) is 0. The Morgan fingerprint density at radius 3 is 1.81 bits per heavy atom. The maximum absolute atomic E-state index is 12.1. The van der Waals surface area contributed by atoms with Crippen LogP contribution >= 0.6 is 0 Å². The van der Waals surface area contributed by atoms with E-state index in [9.17, 15) is 19.2 Å². The third-order valence-electron chi connectivity index (χ3n) is 3.36. The van der Waals surface area contributed by atoms with Gasteiger partial charge in [-0.1, -0.05) is 13.8 Å². The first-order valence-corrected chi connectivity index (χ1v) is 8.58. The van der Waals surface area contributed by atoms with Crippen molar-refractivity contribution < 1.29 is 33.4 Å². The summed E-state index contributed by atoms with van der Waals surface area (Å²) in [7, 11) is 5.79. The van der Waals surface area contributed by atoms with Gasteiger partial charge in [0, 0.05) is 28.3 Å². The zero-order chi connectivity index (χ0) is 21.0. The second-order valence-corrected chi connectivity index (χ2v) is 6.54. The molecule has 0 saturated carbocycles. The Labute approximate surface area is 160 Å². The van der Waals surface area contributed by atoms with Crippen molar-refractivity contribution in [2.24, 2.45) is 5.92 Å². The molecule has 156 valence electrons. The summed E-state index contributed by atoms with van der Waals surface area (Å²) in [5, 5.41) is 0. The van der Waals surface area contributed by atoms with Gasteiger partial charge in [-0.2, -0.15) is 0 Å². The van der Waals surface area contributed by atoms with Crippen LogP contribution in [-0.2, 0) is 28.6 Å². The maximum Gasteiger partial charge on any atom is 0.410 e. The van der Waals surface area contributed by atoms with Crippen molar-refractivity contribution in [2.75, 3.05) is 67.7 Å². The molecule has 0 N–H and O–H groups in total. The van der Waals surface area contributed by atoms with Gasteiger partial charge in [0.2, 0.25) is 11.8 Å². The molecule has 0 aliphatic carbocycles.